The fourth-order valence-corrected chi connectivity index (χ4v) is 3.15. The fourth-order valence-electron chi connectivity index (χ4n) is 1.64. The topological polar surface area (TPSA) is 53.4 Å². The first-order valence-electron chi connectivity index (χ1n) is 5.85. The third-order valence-corrected chi connectivity index (χ3v) is 4.09. The zero-order chi connectivity index (χ0) is 15.5. The molecule has 0 aliphatic rings. The number of carbonyl (C=O) groups excluding carboxylic acids is 1. The Labute approximate surface area is 126 Å². The molecule has 2 aromatic heterocycles. The molecule has 0 atom stereocenters. The molecule has 2 rings (SSSR count). The first-order valence-corrected chi connectivity index (χ1v) is 7.68. The first kappa shape index (κ1) is 15.9. The number of halogens is 3. The van der Waals surface area contributed by atoms with Crippen molar-refractivity contribution in [2.75, 3.05) is 19.7 Å². The number of hydrogen-bond acceptors (Lipinski definition) is 5. The van der Waals surface area contributed by atoms with Crippen LogP contribution in [0.3, 0.4) is 0 Å². The fraction of sp³-hybridized carbons (Fsp3) is 0.333. The number of aromatic nitrogens is 1. The lowest BCUT2D eigenvalue weighted by molar-refractivity contribution is -0.141. The number of thiophene rings is 1. The van der Waals surface area contributed by atoms with Gasteiger partial charge in [0.25, 0.3) is 5.91 Å². The van der Waals surface area contributed by atoms with Crippen LogP contribution in [0.2, 0.25) is 0 Å². The maximum absolute atomic E-state index is 12.4. The molecule has 0 saturated carbocycles. The summed E-state index contributed by atoms with van der Waals surface area (Å²) >= 11 is 2.66. The van der Waals surface area contributed by atoms with Crippen molar-refractivity contribution in [3.8, 4) is 10.6 Å². The molecule has 0 saturated heterocycles. The molecule has 0 aromatic carbocycles. The quantitative estimate of drug-likeness (QED) is 0.913. The largest absolute Gasteiger partial charge is 0.406 e. The Morgan fingerprint density at radius 3 is 2.71 bits per heavy atom. The third kappa shape index (κ3) is 4.26. The van der Waals surface area contributed by atoms with Crippen molar-refractivity contribution in [2.45, 2.75) is 6.18 Å². The third-order valence-electron chi connectivity index (χ3n) is 2.52. The Bertz CT molecular complexity index is 596. The van der Waals surface area contributed by atoms with Gasteiger partial charge in [-0.2, -0.15) is 24.5 Å². The lowest BCUT2D eigenvalue weighted by atomic mass is 10.3. The van der Waals surface area contributed by atoms with Crippen molar-refractivity contribution in [3.63, 3.8) is 0 Å². The summed E-state index contributed by atoms with van der Waals surface area (Å²) in [6.45, 7) is -2.33. The van der Waals surface area contributed by atoms with Gasteiger partial charge in [0.1, 0.15) is 17.2 Å². The molecule has 0 unspecified atom stereocenters. The zero-order valence-electron chi connectivity index (χ0n) is 10.6. The highest BCUT2D eigenvalue weighted by Gasteiger charge is 2.33. The van der Waals surface area contributed by atoms with Crippen molar-refractivity contribution in [1.29, 1.82) is 0 Å². The van der Waals surface area contributed by atoms with Gasteiger partial charge in [0, 0.05) is 22.9 Å². The zero-order valence-corrected chi connectivity index (χ0v) is 12.3. The van der Waals surface area contributed by atoms with Crippen LogP contribution in [0.25, 0.3) is 10.6 Å². The van der Waals surface area contributed by atoms with Crippen molar-refractivity contribution in [2.24, 2.45) is 0 Å². The molecule has 21 heavy (non-hydrogen) atoms. The average Bonchev–Trinajstić information content (AvgIpc) is 3.06. The van der Waals surface area contributed by atoms with E-state index < -0.39 is 25.2 Å². The minimum Gasteiger partial charge on any atom is -0.395 e. The number of rotatable bonds is 5. The van der Waals surface area contributed by atoms with Crippen LogP contribution >= 0.6 is 22.7 Å². The molecule has 0 spiro atoms. The van der Waals surface area contributed by atoms with Crippen LogP contribution in [0.4, 0.5) is 13.2 Å². The Morgan fingerprint density at radius 1 is 1.38 bits per heavy atom. The summed E-state index contributed by atoms with van der Waals surface area (Å²) in [6, 6.07) is 1.82. The molecule has 0 radical (unpaired) electrons. The monoisotopic (exact) mass is 336 g/mol. The smallest absolute Gasteiger partial charge is 0.395 e. The minimum absolute atomic E-state index is 0.0427. The maximum atomic E-state index is 12.4. The molecule has 0 fully saturated rings. The van der Waals surface area contributed by atoms with E-state index in [1.54, 1.807) is 0 Å². The van der Waals surface area contributed by atoms with E-state index in [1.807, 2.05) is 16.8 Å². The van der Waals surface area contributed by atoms with Gasteiger partial charge >= 0.3 is 6.18 Å². The van der Waals surface area contributed by atoms with Gasteiger partial charge in [-0.25, -0.2) is 4.98 Å². The summed E-state index contributed by atoms with van der Waals surface area (Å²) in [5.41, 5.74) is 0.785. The van der Waals surface area contributed by atoms with Gasteiger partial charge in [0.05, 0.1) is 6.61 Å². The van der Waals surface area contributed by atoms with E-state index in [4.69, 9.17) is 5.11 Å². The van der Waals surface area contributed by atoms with E-state index in [2.05, 4.69) is 4.98 Å². The van der Waals surface area contributed by atoms with Crippen molar-refractivity contribution < 1.29 is 23.1 Å². The number of aliphatic hydroxyl groups excluding tert-OH is 1. The molecular formula is C12H11F3N2O2S2. The van der Waals surface area contributed by atoms with E-state index >= 15 is 0 Å². The molecule has 2 aromatic rings. The standard InChI is InChI=1S/C12H11F3N2O2S2/c13-12(14,15)7-17(2-3-18)11(19)9-6-21-10(16-9)8-1-4-20-5-8/h1,4-6,18H,2-3,7H2. The summed E-state index contributed by atoms with van der Waals surface area (Å²) in [7, 11) is 0. The highest BCUT2D eigenvalue weighted by molar-refractivity contribution is 7.14. The lowest BCUT2D eigenvalue weighted by Crippen LogP contribution is -2.40. The van der Waals surface area contributed by atoms with Gasteiger partial charge in [0.2, 0.25) is 0 Å². The molecule has 2 heterocycles. The Morgan fingerprint density at radius 2 is 2.14 bits per heavy atom. The summed E-state index contributed by atoms with van der Waals surface area (Å²) < 4.78 is 37.3. The molecule has 0 bridgehead atoms. The van der Waals surface area contributed by atoms with Gasteiger partial charge < -0.3 is 10.0 Å². The van der Waals surface area contributed by atoms with Crippen LogP contribution in [0.1, 0.15) is 10.5 Å². The predicted octanol–water partition coefficient (Wildman–Crippen LogP) is 2.87. The van der Waals surface area contributed by atoms with Crippen LogP contribution in [0.15, 0.2) is 22.2 Å². The molecule has 1 N–H and O–H groups in total. The second-order valence-electron chi connectivity index (χ2n) is 4.12. The van der Waals surface area contributed by atoms with Crippen LogP contribution in [0, 0.1) is 0 Å². The van der Waals surface area contributed by atoms with Gasteiger partial charge in [-0.05, 0) is 11.4 Å². The first-order chi connectivity index (χ1) is 9.90. The van der Waals surface area contributed by atoms with E-state index in [-0.39, 0.29) is 12.2 Å². The molecule has 0 aliphatic heterocycles. The summed E-state index contributed by atoms with van der Waals surface area (Å²) in [6.07, 6.45) is -4.52. The summed E-state index contributed by atoms with van der Waals surface area (Å²) in [5, 5.41) is 14.5. The van der Waals surface area contributed by atoms with Crippen LogP contribution in [-0.2, 0) is 0 Å². The van der Waals surface area contributed by atoms with Gasteiger partial charge in [-0.15, -0.1) is 11.3 Å². The van der Waals surface area contributed by atoms with Crippen molar-refractivity contribution in [3.05, 3.63) is 27.9 Å². The second kappa shape index (κ2) is 6.54. The number of hydrogen-bond donors (Lipinski definition) is 1. The number of aliphatic hydroxyl groups is 1. The van der Waals surface area contributed by atoms with Gasteiger partial charge in [0.15, 0.2) is 0 Å². The molecule has 1 amide bonds. The maximum Gasteiger partial charge on any atom is 0.406 e. The second-order valence-corrected chi connectivity index (χ2v) is 5.75. The van der Waals surface area contributed by atoms with Crippen molar-refractivity contribution >= 4 is 28.6 Å². The van der Waals surface area contributed by atoms with Crippen molar-refractivity contribution in [1.82, 2.24) is 9.88 Å². The minimum atomic E-state index is -4.52. The average molecular weight is 336 g/mol. The molecule has 4 nitrogen and oxygen atoms in total. The Hall–Kier alpha value is -1.45. The number of thiazole rings is 1. The molecule has 0 aliphatic carbocycles. The highest BCUT2D eigenvalue weighted by Crippen LogP contribution is 2.26. The molecular weight excluding hydrogens is 325 g/mol. The number of nitrogens with zero attached hydrogens (tertiary/aromatic N) is 2. The highest BCUT2D eigenvalue weighted by atomic mass is 32.1. The number of amides is 1. The van der Waals surface area contributed by atoms with Crippen LogP contribution < -0.4 is 0 Å². The SMILES string of the molecule is O=C(c1csc(-c2ccsc2)n1)N(CCO)CC(F)(F)F. The van der Waals surface area contributed by atoms with Crippen LogP contribution in [-0.4, -0.2) is 46.8 Å². The Kier molecular flexibility index (Phi) is 4.96. The lowest BCUT2D eigenvalue weighted by Gasteiger charge is -2.22. The van der Waals surface area contributed by atoms with E-state index in [0.29, 0.717) is 9.91 Å². The number of alkyl halides is 3. The Balaban J connectivity index is 2.17. The van der Waals surface area contributed by atoms with E-state index in [0.717, 1.165) is 5.56 Å². The van der Waals surface area contributed by atoms with Gasteiger partial charge in [-0.3, -0.25) is 4.79 Å². The molecule has 9 heteroatoms. The molecule has 114 valence electrons. The normalized spacial score (nSPS) is 11.6. The summed E-state index contributed by atoms with van der Waals surface area (Å²) in [4.78, 5) is 16.7. The predicted molar refractivity (Wildman–Crippen MR) is 74.5 cm³/mol. The van der Waals surface area contributed by atoms with Gasteiger partial charge in [-0.1, -0.05) is 0 Å². The van der Waals surface area contributed by atoms with E-state index in [9.17, 15) is 18.0 Å². The van der Waals surface area contributed by atoms with E-state index in [1.165, 1.54) is 28.1 Å². The van der Waals surface area contributed by atoms with Crippen LogP contribution in [0.5, 0.6) is 0 Å². The number of carbonyl (C=O) groups is 1. The summed E-state index contributed by atoms with van der Waals surface area (Å²) in [5.74, 6) is -0.834.